The smallest absolute Gasteiger partial charge is 0.264 e. The highest BCUT2D eigenvalue weighted by Crippen LogP contribution is 2.28. The van der Waals surface area contributed by atoms with Crippen LogP contribution in [0.3, 0.4) is 0 Å². The van der Waals surface area contributed by atoms with Crippen molar-refractivity contribution in [2.45, 2.75) is 37.8 Å². The maximum absolute atomic E-state index is 14.5. The lowest BCUT2D eigenvalue weighted by Crippen LogP contribution is -2.53. The lowest BCUT2D eigenvalue weighted by atomic mass is 10.0. The molecule has 0 fully saturated rings. The van der Waals surface area contributed by atoms with Gasteiger partial charge >= 0.3 is 0 Å². The zero-order valence-electron chi connectivity index (χ0n) is 25.2. The first-order valence-corrected chi connectivity index (χ1v) is 16.5. The van der Waals surface area contributed by atoms with Gasteiger partial charge in [-0.1, -0.05) is 77.3 Å². The average Bonchev–Trinajstić information content (AvgIpc) is 3.03. The summed E-state index contributed by atoms with van der Waals surface area (Å²) in [5, 5.41) is 3.57. The van der Waals surface area contributed by atoms with Crippen molar-refractivity contribution in [1.29, 1.82) is 0 Å². The molecular formula is C34H35Cl2N3O5S. The number of carbonyl (C=O) groups is 2. The maximum atomic E-state index is 14.5. The van der Waals surface area contributed by atoms with E-state index < -0.39 is 28.5 Å². The molecule has 0 heterocycles. The van der Waals surface area contributed by atoms with Crippen molar-refractivity contribution in [3.05, 3.63) is 124 Å². The minimum Gasteiger partial charge on any atom is -0.497 e. The summed E-state index contributed by atoms with van der Waals surface area (Å²) < 4.78 is 34.5. The van der Waals surface area contributed by atoms with Crippen LogP contribution < -0.4 is 14.4 Å². The number of halogens is 2. The highest BCUT2D eigenvalue weighted by Gasteiger charge is 2.34. The largest absolute Gasteiger partial charge is 0.497 e. The second kappa shape index (κ2) is 15.3. The fourth-order valence-corrected chi connectivity index (χ4v) is 6.68. The number of ether oxygens (including phenoxy) is 1. The van der Waals surface area contributed by atoms with Crippen LogP contribution in [0, 0.1) is 6.92 Å². The van der Waals surface area contributed by atoms with Gasteiger partial charge in [0.25, 0.3) is 10.0 Å². The molecule has 0 bridgehead atoms. The number of amides is 2. The van der Waals surface area contributed by atoms with Gasteiger partial charge in [0.1, 0.15) is 18.3 Å². The normalized spacial score (nSPS) is 11.8. The Balaban J connectivity index is 1.81. The standard InChI is InChI=1S/C34H35Cl2N3O5S/c1-4-37-34(41)32(20-25-8-6-5-7-9-25)38(22-26-12-13-27(35)21-31(26)36)33(40)23-39(28-14-16-29(44-3)17-15-28)45(42,43)30-18-10-24(2)11-19-30/h5-19,21,32H,4,20,22-23H2,1-3H3,(H,37,41). The minimum atomic E-state index is -4.22. The van der Waals surface area contributed by atoms with Gasteiger partial charge in [-0.05, 0) is 73.5 Å². The third-order valence-corrected chi connectivity index (χ3v) is 9.60. The van der Waals surface area contributed by atoms with E-state index in [0.717, 1.165) is 15.4 Å². The summed E-state index contributed by atoms with van der Waals surface area (Å²) in [5.41, 5.74) is 2.52. The lowest BCUT2D eigenvalue weighted by Gasteiger charge is -2.34. The van der Waals surface area contributed by atoms with Crippen LogP contribution >= 0.6 is 23.2 Å². The number of rotatable bonds is 13. The fourth-order valence-electron chi connectivity index (χ4n) is 4.79. The van der Waals surface area contributed by atoms with Crippen molar-refractivity contribution >= 4 is 50.7 Å². The summed E-state index contributed by atoms with van der Waals surface area (Å²) in [5.74, 6) is -0.451. The molecule has 1 unspecified atom stereocenters. The van der Waals surface area contributed by atoms with E-state index in [9.17, 15) is 18.0 Å². The Bertz CT molecular complexity index is 1720. The second-order valence-corrected chi connectivity index (χ2v) is 13.1. The molecule has 0 saturated heterocycles. The Morgan fingerprint density at radius 2 is 1.58 bits per heavy atom. The minimum absolute atomic E-state index is 0.0218. The van der Waals surface area contributed by atoms with Crippen molar-refractivity contribution in [3.63, 3.8) is 0 Å². The van der Waals surface area contributed by atoms with Crippen LogP contribution in [0.15, 0.2) is 102 Å². The van der Waals surface area contributed by atoms with Gasteiger partial charge in [-0.25, -0.2) is 8.42 Å². The van der Waals surface area contributed by atoms with Gasteiger partial charge in [0.2, 0.25) is 11.8 Å². The Labute approximate surface area is 274 Å². The number of methoxy groups -OCH3 is 1. The molecule has 4 aromatic carbocycles. The third-order valence-electron chi connectivity index (χ3n) is 7.23. The van der Waals surface area contributed by atoms with Crippen LogP contribution in [0.25, 0.3) is 0 Å². The summed E-state index contributed by atoms with van der Waals surface area (Å²) >= 11 is 12.7. The van der Waals surface area contributed by atoms with Crippen molar-refractivity contribution in [2.24, 2.45) is 0 Å². The van der Waals surface area contributed by atoms with Gasteiger partial charge in [0, 0.05) is 29.6 Å². The quantitative estimate of drug-likeness (QED) is 0.181. The summed E-state index contributed by atoms with van der Waals surface area (Å²) in [4.78, 5) is 29.5. The Morgan fingerprint density at radius 3 is 2.18 bits per heavy atom. The third kappa shape index (κ3) is 8.57. The average molecular weight is 669 g/mol. The lowest BCUT2D eigenvalue weighted by molar-refractivity contribution is -0.140. The molecule has 1 N–H and O–H groups in total. The first-order valence-electron chi connectivity index (χ1n) is 14.3. The van der Waals surface area contributed by atoms with E-state index in [0.29, 0.717) is 27.9 Å². The number of carbonyl (C=O) groups excluding carboxylic acids is 2. The van der Waals surface area contributed by atoms with E-state index in [1.54, 1.807) is 61.5 Å². The van der Waals surface area contributed by atoms with Gasteiger partial charge in [0.05, 0.1) is 17.7 Å². The SMILES string of the molecule is CCNC(=O)C(Cc1ccccc1)N(Cc1ccc(Cl)cc1Cl)C(=O)CN(c1ccc(OC)cc1)S(=O)(=O)c1ccc(C)cc1. The fraction of sp³-hybridized carbons (Fsp3) is 0.235. The zero-order chi connectivity index (χ0) is 32.6. The topological polar surface area (TPSA) is 96.0 Å². The van der Waals surface area contributed by atoms with Crippen LogP contribution in [0.2, 0.25) is 10.0 Å². The van der Waals surface area contributed by atoms with Gasteiger partial charge in [-0.2, -0.15) is 0 Å². The molecule has 0 saturated carbocycles. The summed E-state index contributed by atoms with van der Waals surface area (Å²) in [6.07, 6.45) is 0.191. The molecule has 0 aliphatic carbocycles. The molecule has 236 valence electrons. The van der Waals surface area contributed by atoms with E-state index >= 15 is 0 Å². The Morgan fingerprint density at radius 1 is 0.911 bits per heavy atom. The first kappa shape index (κ1) is 33.8. The molecule has 0 radical (unpaired) electrons. The van der Waals surface area contributed by atoms with Crippen LogP contribution in [-0.2, 0) is 32.6 Å². The molecule has 0 aliphatic heterocycles. The van der Waals surface area contributed by atoms with Crippen molar-refractivity contribution in [3.8, 4) is 5.75 Å². The molecule has 4 rings (SSSR count). The number of hydrogen-bond acceptors (Lipinski definition) is 5. The van der Waals surface area contributed by atoms with E-state index in [4.69, 9.17) is 27.9 Å². The van der Waals surface area contributed by atoms with Crippen molar-refractivity contribution < 1.29 is 22.7 Å². The highest BCUT2D eigenvalue weighted by atomic mass is 35.5. The monoisotopic (exact) mass is 667 g/mol. The van der Waals surface area contributed by atoms with E-state index in [2.05, 4.69) is 5.32 Å². The van der Waals surface area contributed by atoms with Gasteiger partial charge in [-0.3, -0.25) is 13.9 Å². The molecule has 1 atom stereocenters. The van der Waals surface area contributed by atoms with Crippen LogP contribution in [0.1, 0.15) is 23.6 Å². The number of hydrogen-bond donors (Lipinski definition) is 1. The first-order chi connectivity index (χ1) is 21.5. The van der Waals surface area contributed by atoms with E-state index in [1.165, 1.54) is 24.1 Å². The predicted octanol–water partition coefficient (Wildman–Crippen LogP) is 6.28. The number of benzene rings is 4. The Kier molecular flexibility index (Phi) is 11.5. The van der Waals surface area contributed by atoms with Gasteiger partial charge in [0.15, 0.2) is 0 Å². The highest BCUT2D eigenvalue weighted by molar-refractivity contribution is 7.92. The molecule has 0 aliphatic rings. The van der Waals surface area contributed by atoms with Crippen molar-refractivity contribution in [2.75, 3.05) is 24.5 Å². The molecule has 8 nitrogen and oxygen atoms in total. The zero-order valence-corrected chi connectivity index (χ0v) is 27.6. The van der Waals surface area contributed by atoms with E-state index in [-0.39, 0.29) is 29.5 Å². The number of nitrogens with zero attached hydrogens (tertiary/aromatic N) is 2. The molecule has 0 aromatic heterocycles. The molecule has 0 spiro atoms. The number of anilines is 1. The van der Waals surface area contributed by atoms with Crippen molar-refractivity contribution in [1.82, 2.24) is 10.2 Å². The molecule has 45 heavy (non-hydrogen) atoms. The molecule has 4 aromatic rings. The second-order valence-electron chi connectivity index (χ2n) is 10.4. The predicted molar refractivity (Wildman–Crippen MR) is 178 cm³/mol. The number of aryl methyl sites for hydroxylation is 1. The van der Waals surface area contributed by atoms with E-state index in [1.807, 2.05) is 37.3 Å². The molecule has 11 heteroatoms. The number of sulfonamides is 1. The maximum Gasteiger partial charge on any atom is 0.264 e. The molecule has 2 amide bonds. The van der Waals surface area contributed by atoms with Crippen LogP contribution in [0.4, 0.5) is 5.69 Å². The summed E-state index contributed by atoms with van der Waals surface area (Å²) in [7, 11) is -2.71. The van der Waals surface area contributed by atoms with Crippen LogP contribution in [-0.4, -0.2) is 51.4 Å². The summed E-state index contributed by atoms with van der Waals surface area (Å²) in [6.45, 7) is 3.34. The number of nitrogens with one attached hydrogen (secondary N) is 1. The van der Waals surface area contributed by atoms with Gasteiger partial charge in [-0.15, -0.1) is 0 Å². The number of likely N-dealkylation sites (N-methyl/N-ethyl adjacent to an activating group) is 1. The molecular weight excluding hydrogens is 633 g/mol. The van der Waals surface area contributed by atoms with Gasteiger partial charge < -0.3 is 15.0 Å². The summed E-state index contributed by atoms with van der Waals surface area (Å²) in [6, 6.07) is 26.0. The van der Waals surface area contributed by atoms with Crippen LogP contribution in [0.5, 0.6) is 5.75 Å². The Hall–Kier alpha value is -4.05.